The van der Waals surface area contributed by atoms with Gasteiger partial charge in [0.25, 0.3) is 0 Å². The lowest BCUT2D eigenvalue weighted by Gasteiger charge is -2.18. The van der Waals surface area contributed by atoms with Crippen LogP contribution in [0.4, 0.5) is 0 Å². The van der Waals surface area contributed by atoms with Crippen molar-refractivity contribution in [2.75, 3.05) is 6.54 Å². The van der Waals surface area contributed by atoms with Crippen LogP contribution < -0.4 is 5.32 Å². The molecule has 2 nitrogen and oxygen atoms in total. The summed E-state index contributed by atoms with van der Waals surface area (Å²) in [6, 6.07) is 11.6. The van der Waals surface area contributed by atoms with E-state index in [0.29, 0.717) is 6.04 Å². The molecular formula is C17H21NOS. The molecule has 1 aromatic heterocycles. The van der Waals surface area contributed by atoms with Gasteiger partial charge >= 0.3 is 0 Å². The van der Waals surface area contributed by atoms with E-state index < -0.39 is 0 Å². The van der Waals surface area contributed by atoms with Crippen LogP contribution in [-0.2, 0) is 24.4 Å². The number of nitrogens with one attached hydrogen (secondary N) is 1. The maximum Gasteiger partial charge on any atom is 0.0725 e. The molecule has 1 aliphatic rings. The normalized spacial score (nSPS) is 15.3. The van der Waals surface area contributed by atoms with Gasteiger partial charge in [0.05, 0.1) is 19.3 Å². The van der Waals surface area contributed by atoms with E-state index in [1.54, 1.807) is 0 Å². The molecule has 0 saturated carbocycles. The monoisotopic (exact) mass is 287 g/mol. The molecular weight excluding hydrogens is 266 g/mol. The number of aryl methyl sites for hydroxylation is 1. The summed E-state index contributed by atoms with van der Waals surface area (Å²) in [5, 5.41) is 3.61. The van der Waals surface area contributed by atoms with Crippen LogP contribution in [0, 0.1) is 0 Å². The van der Waals surface area contributed by atoms with Gasteiger partial charge in [0.1, 0.15) is 0 Å². The second kappa shape index (κ2) is 6.08. The average molecular weight is 287 g/mol. The molecule has 1 N–H and O–H groups in total. The van der Waals surface area contributed by atoms with Gasteiger partial charge in [-0.1, -0.05) is 32.0 Å². The van der Waals surface area contributed by atoms with E-state index in [1.807, 2.05) is 11.3 Å². The van der Waals surface area contributed by atoms with Crippen LogP contribution in [0.3, 0.4) is 0 Å². The molecule has 0 spiro atoms. The van der Waals surface area contributed by atoms with Gasteiger partial charge in [-0.2, -0.15) is 0 Å². The molecule has 2 heterocycles. The number of hydrogen-bond acceptors (Lipinski definition) is 3. The molecule has 0 saturated heterocycles. The summed E-state index contributed by atoms with van der Waals surface area (Å²) in [5.41, 5.74) is 4.03. The first-order valence-corrected chi connectivity index (χ1v) is 8.15. The Hall–Kier alpha value is -1.16. The molecule has 2 aromatic rings. The van der Waals surface area contributed by atoms with Crippen LogP contribution in [0.15, 0.2) is 30.3 Å². The highest BCUT2D eigenvalue weighted by Gasteiger charge is 2.18. The average Bonchev–Trinajstić information content (AvgIpc) is 3.12. The van der Waals surface area contributed by atoms with Crippen LogP contribution in [0.1, 0.15) is 46.3 Å². The SMILES string of the molecule is CCNC(c1ccc2c(c1)COC2)c1ccc(CC)s1. The van der Waals surface area contributed by atoms with Crippen molar-refractivity contribution in [1.29, 1.82) is 0 Å². The summed E-state index contributed by atoms with van der Waals surface area (Å²) in [5.74, 6) is 0. The number of fused-ring (bicyclic) bond motifs is 1. The molecule has 1 aromatic carbocycles. The highest BCUT2D eigenvalue weighted by atomic mass is 32.1. The molecule has 3 rings (SSSR count). The van der Waals surface area contributed by atoms with Gasteiger partial charge in [0.2, 0.25) is 0 Å². The summed E-state index contributed by atoms with van der Waals surface area (Å²) in [4.78, 5) is 2.86. The predicted molar refractivity (Wildman–Crippen MR) is 84.2 cm³/mol. The van der Waals surface area contributed by atoms with Gasteiger partial charge in [-0.05, 0) is 41.8 Å². The van der Waals surface area contributed by atoms with Gasteiger partial charge in [-0.3, -0.25) is 0 Å². The van der Waals surface area contributed by atoms with E-state index >= 15 is 0 Å². The fourth-order valence-corrected chi connectivity index (χ4v) is 3.75. The first-order chi connectivity index (χ1) is 9.81. The predicted octanol–water partition coefficient (Wildman–Crippen LogP) is 4.04. The van der Waals surface area contributed by atoms with E-state index in [0.717, 1.165) is 26.2 Å². The third-order valence-corrected chi connectivity index (χ3v) is 5.10. The number of ether oxygens (including phenoxy) is 1. The van der Waals surface area contributed by atoms with Gasteiger partial charge < -0.3 is 10.1 Å². The van der Waals surface area contributed by atoms with E-state index in [2.05, 4.69) is 49.5 Å². The lowest BCUT2D eigenvalue weighted by molar-refractivity contribution is 0.134. The third kappa shape index (κ3) is 2.66. The minimum absolute atomic E-state index is 0.302. The topological polar surface area (TPSA) is 21.3 Å². The number of thiophene rings is 1. The Bertz CT molecular complexity index is 590. The van der Waals surface area contributed by atoms with Crippen LogP contribution >= 0.6 is 11.3 Å². The van der Waals surface area contributed by atoms with E-state index in [-0.39, 0.29) is 0 Å². The summed E-state index contributed by atoms with van der Waals surface area (Å²) in [6.07, 6.45) is 1.11. The quantitative estimate of drug-likeness (QED) is 0.896. The lowest BCUT2D eigenvalue weighted by atomic mass is 10.00. The summed E-state index contributed by atoms with van der Waals surface area (Å²) < 4.78 is 5.52. The highest BCUT2D eigenvalue weighted by molar-refractivity contribution is 7.12. The molecule has 20 heavy (non-hydrogen) atoms. The third-order valence-electron chi connectivity index (χ3n) is 3.80. The zero-order valence-corrected chi connectivity index (χ0v) is 12.9. The van der Waals surface area contributed by atoms with Crippen LogP contribution in [0.25, 0.3) is 0 Å². The Labute approximate surface area is 124 Å². The Balaban J connectivity index is 1.93. The Morgan fingerprint density at radius 1 is 1.15 bits per heavy atom. The van der Waals surface area contributed by atoms with Crippen molar-refractivity contribution in [3.8, 4) is 0 Å². The van der Waals surface area contributed by atoms with Gasteiger partial charge in [-0.25, -0.2) is 0 Å². The molecule has 0 aliphatic carbocycles. The van der Waals surface area contributed by atoms with E-state index in [9.17, 15) is 0 Å². The minimum atomic E-state index is 0.302. The summed E-state index contributed by atoms with van der Waals surface area (Å²) >= 11 is 1.92. The first kappa shape index (κ1) is 13.8. The lowest BCUT2D eigenvalue weighted by Crippen LogP contribution is -2.21. The maximum atomic E-state index is 5.52. The van der Waals surface area contributed by atoms with Crippen LogP contribution in [0.5, 0.6) is 0 Å². The largest absolute Gasteiger partial charge is 0.372 e. The molecule has 0 radical (unpaired) electrons. The van der Waals surface area contributed by atoms with Gasteiger partial charge in [0.15, 0.2) is 0 Å². The Morgan fingerprint density at radius 2 is 2.00 bits per heavy atom. The smallest absolute Gasteiger partial charge is 0.0725 e. The van der Waals surface area contributed by atoms with Gasteiger partial charge in [0, 0.05) is 9.75 Å². The van der Waals surface area contributed by atoms with E-state index in [4.69, 9.17) is 4.74 Å². The van der Waals surface area contributed by atoms with Crippen molar-refractivity contribution >= 4 is 11.3 Å². The molecule has 0 bridgehead atoms. The van der Waals surface area contributed by atoms with Crippen molar-refractivity contribution in [3.63, 3.8) is 0 Å². The zero-order valence-electron chi connectivity index (χ0n) is 12.1. The number of hydrogen-bond donors (Lipinski definition) is 1. The second-order valence-corrected chi connectivity index (χ2v) is 6.37. The van der Waals surface area contributed by atoms with Crippen molar-refractivity contribution in [1.82, 2.24) is 5.32 Å². The van der Waals surface area contributed by atoms with Crippen LogP contribution in [0.2, 0.25) is 0 Å². The fraction of sp³-hybridized carbons (Fsp3) is 0.412. The van der Waals surface area contributed by atoms with Crippen molar-refractivity contribution in [2.24, 2.45) is 0 Å². The van der Waals surface area contributed by atoms with Crippen molar-refractivity contribution < 1.29 is 4.74 Å². The summed E-state index contributed by atoms with van der Waals surface area (Å²) in [6.45, 7) is 6.87. The van der Waals surface area contributed by atoms with Crippen molar-refractivity contribution in [2.45, 2.75) is 39.5 Å². The summed E-state index contributed by atoms with van der Waals surface area (Å²) in [7, 11) is 0. The molecule has 1 atom stereocenters. The number of rotatable bonds is 5. The molecule has 1 unspecified atom stereocenters. The van der Waals surface area contributed by atoms with E-state index in [1.165, 1.54) is 26.4 Å². The highest BCUT2D eigenvalue weighted by Crippen LogP contribution is 2.31. The maximum absolute atomic E-state index is 5.52. The Morgan fingerprint density at radius 3 is 2.75 bits per heavy atom. The molecule has 0 amide bonds. The van der Waals surface area contributed by atoms with Gasteiger partial charge in [-0.15, -0.1) is 11.3 Å². The second-order valence-electron chi connectivity index (χ2n) is 5.17. The Kier molecular flexibility index (Phi) is 4.20. The fourth-order valence-electron chi connectivity index (χ4n) is 2.70. The standard InChI is InChI=1S/C17H21NOS/c1-3-15-7-8-16(20-15)17(18-4-2)12-5-6-13-10-19-11-14(13)9-12/h5-9,17-18H,3-4,10-11H2,1-2H3. The van der Waals surface area contributed by atoms with Crippen molar-refractivity contribution in [3.05, 3.63) is 56.8 Å². The molecule has 0 fully saturated rings. The zero-order chi connectivity index (χ0) is 13.9. The molecule has 3 heteroatoms. The number of benzene rings is 1. The minimum Gasteiger partial charge on any atom is -0.372 e. The molecule has 106 valence electrons. The first-order valence-electron chi connectivity index (χ1n) is 7.33. The van der Waals surface area contributed by atoms with Crippen LogP contribution in [-0.4, -0.2) is 6.54 Å². The molecule has 1 aliphatic heterocycles.